The summed E-state index contributed by atoms with van der Waals surface area (Å²) >= 11 is 0. The molecule has 0 fully saturated rings. The Morgan fingerprint density at radius 3 is 2.74 bits per heavy atom. The number of fused-ring (bicyclic) bond motifs is 1. The summed E-state index contributed by atoms with van der Waals surface area (Å²) < 4.78 is 32.4. The van der Waals surface area contributed by atoms with Gasteiger partial charge in [-0.1, -0.05) is 24.3 Å². The van der Waals surface area contributed by atoms with E-state index in [-0.39, 0.29) is 12.4 Å². The van der Waals surface area contributed by atoms with Crippen molar-refractivity contribution in [3.63, 3.8) is 0 Å². The molecule has 0 saturated carbocycles. The normalized spacial score (nSPS) is 13.3. The second-order valence-electron chi connectivity index (χ2n) is 5.12. The van der Waals surface area contributed by atoms with Gasteiger partial charge in [0.1, 0.15) is 11.8 Å². The lowest BCUT2D eigenvalue weighted by Gasteiger charge is -2.14. The first kappa shape index (κ1) is 15.7. The topological polar surface area (TPSA) is 92.4 Å². The second-order valence-corrected chi connectivity index (χ2v) is 6.87. The van der Waals surface area contributed by atoms with E-state index in [9.17, 15) is 13.5 Å². The molecule has 6 nitrogen and oxygen atoms in total. The average molecular weight is 332 g/mol. The first-order valence-corrected chi connectivity index (χ1v) is 8.71. The Bertz CT molecular complexity index is 886. The molecule has 0 amide bonds. The van der Waals surface area contributed by atoms with Crippen molar-refractivity contribution in [2.24, 2.45) is 0 Å². The summed E-state index contributed by atoms with van der Waals surface area (Å²) in [5, 5.41) is 10.3. The predicted molar refractivity (Wildman–Crippen MR) is 86.0 cm³/mol. The van der Waals surface area contributed by atoms with Gasteiger partial charge in [0, 0.05) is 11.6 Å². The van der Waals surface area contributed by atoms with Gasteiger partial charge in [-0.3, -0.25) is 4.98 Å². The third kappa shape index (κ3) is 3.58. The van der Waals surface area contributed by atoms with Gasteiger partial charge in [-0.05, 0) is 23.8 Å². The van der Waals surface area contributed by atoms with Crippen LogP contribution in [0.1, 0.15) is 17.4 Å². The molecule has 0 bridgehead atoms. The zero-order chi connectivity index (χ0) is 16.3. The van der Waals surface area contributed by atoms with Crippen LogP contribution in [0, 0.1) is 0 Å². The van der Waals surface area contributed by atoms with Gasteiger partial charge in [-0.15, -0.1) is 0 Å². The van der Waals surface area contributed by atoms with Gasteiger partial charge in [-0.2, -0.15) is 0 Å². The summed E-state index contributed by atoms with van der Waals surface area (Å²) in [7, 11) is -3.67. The molecule has 3 aromatic rings. The molecule has 0 saturated heterocycles. The van der Waals surface area contributed by atoms with Crippen molar-refractivity contribution in [2.45, 2.75) is 11.8 Å². The zero-order valence-electron chi connectivity index (χ0n) is 12.2. The Morgan fingerprint density at radius 2 is 2.00 bits per heavy atom. The molecule has 1 atom stereocenters. The minimum atomic E-state index is -3.67. The summed E-state index contributed by atoms with van der Waals surface area (Å²) in [6, 6.07) is 11.5. The maximum absolute atomic E-state index is 12.4. The molecule has 0 aliphatic heterocycles. The highest BCUT2D eigenvalue weighted by Gasteiger charge is 2.22. The fourth-order valence-corrected chi connectivity index (χ4v) is 3.77. The molecular formula is C16H16N2O4S. The molecule has 3 rings (SSSR count). The predicted octanol–water partition coefficient (Wildman–Crippen LogP) is 1.98. The summed E-state index contributed by atoms with van der Waals surface area (Å²) in [5.74, 6) is 0.144. The molecule has 120 valence electrons. The van der Waals surface area contributed by atoms with E-state index in [1.807, 2.05) is 12.1 Å². The van der Waals surface area contributed by atoms with E-state index < -0.39 is 16.1 Å². The van der Waals surface area contributed by atoms with Crippen molar-refractivity contribution in [2.75, 3.05) is 6.61 Å². The van der Waals surface area contributed by atoms with E-state index in [0.29, 0.717) is 16.8 Å². The molecule has 0 radical (unpaired) electrons. The Labute approximate surface area is 133 Å². The highest BCUT2D eigenvalue weighted by Crippen LogP contribution is 2.20. The number of sulfonamides is 1. The van der Waals surface area contributed by atoms with Crippen LogP contribution in [0.2, 0.25) is 0 Å². The van der Waals surface area contributed by atoms with Crippen molar-refractivity contribution >= 4 is 20.9 Å². The van der Waals surface area contributed by atoms with Crippen LogP contribution in [0.5, 0.6) is 0 Å². The van der Waals surface area contributed by atoms with Gasteiger partial charge in [0.05, 0.1) is 24.1 Å². The number of para-hydroxylation sites is 1. The van der Waals surface area contributed by atoms with Crippen molar-refractivity contribution in [3.8, 4) is 0 Å². The van der Waals surface area contributed by atoms with Gasteiger partial charge in [0.25, 0.3) is 0 Å². The number of benzene rings is 1. The number of aliphatic hydroxyl groups is 1. The molecule has 0 unspecified atom stereocenters. The second kappa shape index (κ2) is 6.49. The van der Waals surface area contributed by atoms with Gasteiger partial charge < -0.3 is 9.52 Å². The number of rotatable bonds is 6. The standard InChI is InChI=1S/C16H16N2O4S/c19-10-14(15-7-3-9-22-15)18-23(20,21)11-13-5-1-4-12-6-2-8-17-16(12)13/h1-9,14,18-19H,10-11H2/t14-/m1/s1. The molecule has 2 heterocycles. The zero-order valence-corrected chi connectivity index (χ0v) is 13.0. The lowest BCUT2D eigenvalue weighted by molar-refractivity contribution is 0.242. The van der Waals surface area contributed by atoms with E-state index in [0.717, 1.165) is 5.39 Å². The Morgan fingerprint density at radius 1 is 1.17 bits per heavy atom. The monoisotopic (exact) mass is 332 g/mol. The van der Waals surface area contributed by atoms with Crippen molar-refractivity contribution in [1.29, 1.82) is 0 Å². The quantitative estimate of drug-likeness (QED) is 0.720. The first-order valence-electron chi connectivity index (χ1n) is 7.06. The minimum absolute atomic E-state index is 0.224. The van der Waals surface area contributed by atoms with Crippen LogP contribution in [-0.2, 0) is 15.8 Å². The fraction of sp³-hybridized carbons (Fsp3) is 0.188. The molecular weight excluding hydrogens is 316 g/mol. The maximum Gasteiger partial charge on any atom is 0.216 e. The van der Waals surface area contributed by atoms with Crippen molar-refractivity contribution < 1.29 is 17.9 Å². The highest BCUT2D eigenvalue weighted by molar-refractivity contribution is 7.88. The van der Waals surface area contributed by atoms with Crippen molar-refractivity contribution in [1.82, 2.24) is 9.71 Å². The SMILES string of the molecule is O=S(=O)(Cc1cccc2cccnc12)N[C@H](CO)c1ccco1. The Balaban J connectivity index is 1.85. The van der Waals surface area contributed by atoms with Gasteiger partial charge in [0.2, 0.25) is 10.0 Å². The number of hydrogen-bond acceptors (Lipinski definition) is 5. The fourth-order valence-electron chi connectivity index (χ4n) is 2.42. The summed E-state index contributed by atoms with van der Waals surface area (Å²) in [6.07, 6.45) is 3.06. The molecule has 0 aliphatic rings. The van der Waals surface area contributed by atoms with Crippen LogP contribution in [0.25, 0.3) is 10.9 Å². The minimum Gasteiger partial charge on any atom is -0.468 e. The van der Waals surface area contributed by atoms with Crippen LogP contribution in [0.15, 0.2) is 59.3 Å². The van der Waals surface area contributed by atoms with E-state index in [1.165, 1.54) is 6.26 Å². The molecule has 0 aliphatic carbocycles. The molecule has 1 aromatic carbocycles. The van der Waals surface area contributed by atoms with Crippen LogP contribution in [-0.4, -0.2) is 25.1 Å². The first-order chi connectivity index (χ1) is 11.1. The lowest BCUT2D eigenvalue weighted by Crippen LogP contribution is -2.31. The third-order valence-electron chi connectivity index (χ3n) is 3.45. The number of nitrogens with one attached hydrogen (secondary N) is 1. The van der Waals surface area contributed by atoms with Crippen LogP contribution < -0.4 is 4.72 Å². The highest BCUT2D eigenvalue weighted by atomic mass is 32.2. The number of pyridine rings is 1. The number of aromatic nitrogens is 1. The van der Waals surface area contributed by atoms with E-state index >= 15 is 0 Å². The smallest absolute Gasteiger partial charge is 0.216 e. The lowest BCUT2D eigenvalue weighted by atomic mass is 10.1. The molecule has 0 spiro atoms. The van der Waals surface area contributed by atoms with E-state index in [2.05, 4.69) is 9.71 Å². The largest absolute Gasteiger partial charge is 0.468 e. The van der Waals surface area contributed by atoms with Gasteiger partial charge in [-0.25, -0.2) is 13.1 Å². The summed E-state index contributed by atoms with van der Waals surface area (Å²) in [6.45, 7) is -0.388. The Kier molecular flexibility index (Phi) is 4.42. The number of nitrogens with zero attached hydrogens (tertiary/aromatic N) is 1. The average Bonchev–Trinajstić information content (AvgIpc) is 3.07. The number of furan rings is 1. The van der Waals surface area contributed by atoms with Gasteiger partial charge in [0.15, 0.2) is 0 Å². The van der Waals surface area contributed by atoms with E-state index in [1.54, 1.807) is 36.5 Å². The van der Waals surface area contributed by atoms with Crippen LogP contribution in [0.4, 0.5) is 0 Å². The van der Waals surface area contributed by atoms with Crippen LogP contribution >= 0.6 is 0 Å². The van der Waals surface area contributed by atoms with Crippen molar-refractivity contribution in [3.05, 3.63) is 66.2 Å². The molecule has 23 heavy (non-hydrogen) atoms. The van der Waals surface area contributed by atoms with Crippen LogP contribution in [0.3, 0.4) is 0 Å². The molecule has 2 N–H and O–H groups in total. The molecule has 2 aromatic heterocycles. The molecule has 7 heteroatoms. The summed E-state index contributed by atoms with van der Waals surface area (Å²) in [4.78, 5) is 4.25. The number of aliphatic hydroxyl groups excluding tert-OH is 1. The van der Waals surface area contributed by atoms with Gasteiger partial charge >= 0.3 is 0 Å². The maximum atomic E-state index is 12.4. The summed E-state index contributed by atoms with van der Waals surface area (Å²) in [5.41, 5.74) is 1.26. The Hall–Kier alpha value is -2.22. The number of hydrogen-bond donors (Lipinski definition) is 2. The third-order valence-corrected chi connectivity index (χ3v) is 4.79. The van der Waals surface area contributed by atoms with E-state index in [4.69, 9.17) is 4.42 Å².